The fourth-order valence-electron chi connectivity index (χ4n) is 1.22. The Labute approximate surface area is 99.9 Å². The van der Waals surface area contributed by atoms with Gasteiger partial charge in [-0.1, -0.05) is 0 Å². The molecular formula is C12H16O5. The van der Waals surface area contributed by atoms with Crippen molar-refractivity contribution in [3.63, 3.8) is 0 Å². The highest BCUT2D eigenvalue weighted by Gasteiger charge is 2.13. The van der Waals surface area contributed by atoms with Crippen LogP contribution in [0.25, 0.3) is 0 Å². The quantitative estimate of drug-likeness (QED) is 0.604. The molecule has 0 aliphatic heterocycles. The number of hydrogen-bond donors (Lipinski definition) is 1. The van der Waals surface area contributed by atoms with E-state index in [4.69, 9.17) is 14.2 Å². The van der Waals surface area contributed by atoms with Gasteiger partial charge in [0.2, 0.25) is 0 Å². The van der Waals surface area contributed by atoms with Crippen LogP contribution in [0.4, 0.5) is 0 Å². The standard InChI is InChI=1S/C12H16O5/c1-3-16-12(14)10-8-9(4-5-11(10)13)17-7-6-15-2/h4-5,8,13H,3,6-7H2,1-2H3. The molecule has 0 spiro atoms. The van der Waals surface area contributed by atoms with Gasteiger partial charge >= 0.3 is 5.97 Å². The van der Waals surface area contributed by atoms with Gasteiger partial charge in [0.15, 0.2) is 0 Å². The molecule has 0 aliphatic carbocycles. The topological polar surface area (TPSA) is 65.0 Å². The number of phenolic OH excluding ortho intramolecular Hbond substituents is 1. The van der Waals surface area contributed by atoms with Crippen LogP contribution in [-0.4, -0.2) is 38.0 Å². The molecule has 0 aliphatic rings. The summed E-state index contributed by atoms with van der Waals surface area (Å²) in [6, 6.07) is 4.42. The van der Waals surface area contributed by atoms with Crippen molar-refractivity contribution in [3.05, 3.63) is 23.8 Å². The van der Waals surface area contributed by atoms with Gasteiger partial charge in [0.25, 0.3) is 0 Å². The van der Waals surface area contributed by atoms with Crippen LogP contribution in [-0.2, 0) is 9.47 Å². The van der Waals surface area contributed by atoms with Crippen molar-refractivity contribution in [1.29, 1.82) is 0 Å². The van der Waals surface area contributed by atoms with Crippen LogP contribution in [0, 0.1) is 0 Å². The third kappa shape index (κ3) is 3.96. The molecule has 0 unspecified atom stereocenters. The molecule has 1 aromatic carbocycles. The van der Waals surface area contributed by atoms with Gasteiger partial charge in [-0.25, -0.2) is 4.79 Å². The number of carbonyl (C=O) groups is 1. The van der Waals surface area contributed by atoms with E-state index in [9.17, 15) is 9.90 Å². The fraction of sp³-hybridized carbons (Fsp3) is 0.417. The van der Waals surface area contributed by atoms with Crippen molar-refractivity contribution in [1.82, 2.24) is 0 Å². The predicted molar refractivity (Wildman–Crippen MR) is 61.4 cm³/mol. The van der Waals surface area contributed by atoms with Crippen molar-refractivity contribution in [2.45, 2.75) is 6.92 Å². The summed E-state index contributed by atoms with van der Waals surface area (Å²) in [6.07, 6.45) is 0. The average Bonchev–Trinajstić information content (AvgIpc) is 2.32. The molecule has 94 valence electrons. The molecule has 0 heterocycles. The van der Waals surface area contributed by atoms with E-state index in [1.807, 2.05) is 0 Å². The van der Waals surface area contributed by atoms with Gasteiger partial charge in [0.1, 0.15) is 23.7 Å². The van der Waals surface area contributed by atoms with E-state index in [-0.39, 0.29) is 17.9 Å². The molecule has 0 bridgehead atoms. The second kappa shape index (κ2) is 6.75. The number of esters is 1. The number of carbonyl (C=O) groups excluding carboxylic acids is 1. The van der Waals surface area contributed by atoms with Gasteiger partial charge in [-0.3, -0.25) is 0 Å². The molecule has 1 aromatic rings. The highest BCUT2D eigenvalue weighted by molar-refractivity contribution is 5.92. The summed E-state index contributed by atoms with van der Waals surface area (Å²) >= 11 is 0. The van der Waals surface area contributed by atoms with Gasteiger partial charge in [-0.2, -0.15) is 0 Å². The number of methoxy groups -OCH3 is 1. The van der Waals surface area contributed by atoms with E-state index in [2.05, 4.69) is 0 Å². The number of aromatic hydroxyl groups is 1. The summed E-state index contributed by atoms with van der Waals surface area (Å²) < 4.78 is 15.0. The third-order valence-electron chi connectivity index (χ3n) is 2.02. The van der Waals surface area contributed by atoms with Crippen molar-refractivity contribution in [2.75, 3.05) is 26.9 Å². The lowest BCUT2D eigenvalue weighted by atomic mass is 10.2. The van der Waals surface area contributed by atoms with E-state index < -0.39 is 5.97 Å². The van der Waals surface area contributed by atoms with E-state index >= 15 is 0 Å². The highest BCUT2D eigenvalue weighted by Crippen LogP contribution is 2.23. The molecule has 1 N–H and O–H groups in total. The van der Waals surface area contributed by atoms with Crippen molar-refractivity contribution in [2.24, 2.45) is 0 Å². The van der Waals surface area contributed by atoms with Crippen LogP contribution in [0.3, 0.4) is 0 Å². The number of ether oxygens (including phenoxy) is 3. The van der Waals surface area contributed by atoms with Crippen molar-refractivity contribution >= 4 is 5.97 Å². The molecule has 5 heteroatoms. The van der Waals surface area contributed by atoms with Crippen LogP contribution in [0.15, 0.2) is 18.2 Å². The molecule has 0 radical (unpaired) electrons. The van der Waals surface area contributed by atoms with E-state index in [1.54, 1.807) is 20.1 Å². The molecule has 0 fully saturated rings. The van der Waals surface area contributed by atoms with Crippen molar-refractivity contribution < 1.29 is 24.1 Å². The maximum atomic E-state index is 11.5. The second-order valence-electron chi connectivity index (χ2n) is 3.24. The molecule has 0 saturated heterocycles. The Morgan fingerprint density at radius 3 is 2.76 bits per heavy atom. The van der Waals surface area contributed by atoms with Gasteiger partial charge in [-0.15, -0.1) is 0 Å². The minimum atomic E-state index is -0.567. The third-order valence-corrected chi connectivity index (χ3v) is 2.02. The predicted octanol–water partition coefficient (Wildman–Crippen LogP) is 1.59. The summed E-state index contributed by atoms with van der Waals surface area (Å²) in [7, 11) is 1.57. The zero-order chi connectivity index (χ0) is 12.7. The first kappa shape index (κ1) is 13.3. The molecule has 5 nitrogen and oxygen atoms in total. The Hall–Kier alpha value is -1.75. The number of hydrogen-bond acceptors (Lipinski definition) is 5. The first-order chi connectivity index (χ1) is 8.19. The molecular weight excluding hydrogens is 224 g/mol. The van der Waals surface area contributed by atoms with E-state index in [0.29, 0.717) is 19.0 Å². The molecule has 1 rings (SSSR count). The summed E-state index contributed by atoms with van der Waals surface area (Å²) in [5, 5.41) is 9.52. The Morgan fingerprint density at radius 2 is 2.12 bits per heavy atom. The minimum Gasteiger partial charge on any atom is -0.507 e. The van der Waals surface area contributed by atoms with Crippen LogP contribution in [0.2, 0.25) is 0 Å². The van der Waals surface area contributed by atoms with Crippen LogP contribution < -0.4 is 4.74 Å². The van der Waals surface area contributed by atoms with Crippen LogP contribution in [0.1, 0.15) is 17.3 Å². The average molecular weight is 240 g/mol. The summed E-state index contributed by atoms with van der Waals surface area (Å²) in [5.41, 5.74) is 0.0989. The molecule has 0 atom stereocenters. The monoisotopic (exact) mass is 240 g/mol. The maximum Gasteiger partial charge on any atom is 0.342 e. The zero-order valence-corrected chi connectivity index (χ0v) is 9.93. The van der Waals surface area contributed by atoms with Gasteiger partial charge in [0.05, 0.1) is 13.2 Å². The number of benzene rings is 1. The molecule has 0 amide bonds. The van der Waals surface area contributed by atoms with E-state index in [1.165, 1.54) is 12.1 Å². The van der Waals surface area contributed by atoms with Crippen LogP contribution >= 0.6 is 0 Å². The van der Waals surface area contributed by atoms with E-state index in [0.717, 1.165) is 0 Å². The first-order valence-electron chi connectivity index (χ1n) is 5.31. The zero-order valence-electron chi connectivity index (χ0n) is 9.93. The molecule has 17 heavy (non-hydrogen) atoms. The Bertz CT molecular complexity index is 375. The highest BCUT2D eigenvalue weighted by atomic mass is 16.5. The molecule has 0 aromatic heterocycles. The number of phenols is 1. The Kier molecular flexibility index (Phi) is 5.29. The maximum absolute atomic E-state index is 11.5. The summed E-state index contributed by atoms with van der Waals surface area (Å²) in [6.45, 7) is 2.79. The lowest BCUT2D eigenvalue weighted by molar-refractivity contribution is 0.0522. The van der Waals surface area contributed by atoms with Crippen molar-refractivity contribution in [3.8, 4) is 11.5 Å². The minimum absolute atomic E-state index is 0.0989. The summed E-state index contributed by atoms with van der Waals surface area (Å²) in [5.74, 6) is -0.201. The smallest absolute Gasteiger partial charge is 0.342 e. The second-order valence-corrected chi connectivity index (χ2v) is 3.24. The van der Waals surface area contributed by atoms with Gasteiger partial charge in [-0.05, 0) is 25.1 Å². The van der Waals surface area contributed by atoms with Gasteiger partial charge in [0, 0.05) is 7.11 Å². The lowest BCUT2D eigenvalue weighted by Crippen LogP contribution is -2.07. The first-order valence-corrected chi connectivity index (χ1v) is 5.31. The lowest BCUT2D eigenvalue weighted by Gasteiger charge is -2.08. The fourth-order valence-corrected chi connectivity index (χ4v) is 1.22. The van der Waals surface area contributed by atoms with Crippen LogP contribution in [0.5, 0.6) is 11.5 Å². The number of rotatable bonds is 6. The summed E-state index contributed by atoms with van der Waals surface area (Å²) in [4.78, 5) is 11.5. The Morgan fingerprint density at radius 1 is 1.35 bits per heavy atom. The largest absolute Gasteiger partial charge is 0.507 e. The SMILES string of the molecule is CCOC(=O)c1cc(OCCOC)ccc1O. The Balaban J connectivity index is 2.75. The molecule has 0 saturated carbocycles. The van der Waals surface area contributed by atoms with Gasteiger partial charge < -0.3 is 19.3 Å². The normalized spacial score (nSPS) is 10.0.